The molecule has 4 nitrogen and oxygen atoms in total. The van der Waals surface area contributed by atoms with Crippen molar-refractivity contribution in [3.05, 3.63) is 35.9 Å². The summed E-state index contributed by atoms with van der Waals surface area (Å²) in [7, 11) is 0. The highest BCUT2D eigenvalue weighted by molar-refractivity contribution is 5.77. The Balaban J connectivity index is 1.37. The molecule has 2 aliphatic rings. The number of rotatable bonds is 7. The maximum atomic E-state index is 12.6. The van der Waals surface area contributed by atoms with E-state index in [1.165, 1.54) is 12.0 Å². The summed E-state index contributed by atoms with van der Waals surface area (Å²) in [6, 6.07) is 10.6. The highest BCUT2D eigenvalue weighted by Gasteiger charge is 2.24. The number of hydrogen-bond acceptors (Lipinski definition) is 2. The molecule has 2 saturated heterocycles. The Morgan fingerprint density at radius 1 is 1.08 bits per heavy atom. The average Bonchev–Trinajstić information content (AvgIpc) is 2.69. The molecule has 0 radical (unpaired) electrons. The zero-order valence-electron chi connectivity index (χ0n) is 15.9. The maximum Gasteiger partial charge on any atom is 0.222 e. The number of hydrogen-bond donors (Lipinski definition) is 0. The number of nitrogens with zero attached hydrogens (tertiary/aromatic N) is 2. The lowest BCUT2D eigenvalue weighted by Crippen LogP contribution is -2.41. The second kappa shape index (κ2) is 9.75. The minimum atomic E-state index is 0.266. The third-order valence-electron chi connectivity index (χ3n) is 5.80. The lowest BCUT2D eigenvalue weighted by Gasteiger charge is -2.33. The van der Waals surface area contributed by atoms with E-state index in [1.54, 1.807) is 0 Å². The Hall–Kier alpha value is -1.84. The van der Waals surface area contributed by atoms with E-state index < -0.39 is 0 Å². The van der Waals surface area contributed by atoms with Crippen LogP contribution in [0, 0.1) is 5.92 Å². The van der Waals surface area contributed by atoms with Crippen molar-refractivity contribution in [3.8, 4) is 0 Å². The van der Waals surface area contributed by atoms with Crippen LogP contribution in [0.15, 0.2) is 30.3 Å². The molecule has 0 saturated carbocycles. The van der Waals surface area contributed by atoms with E-state index in [4.69, 9.17) is 0 Å². The molecule has 0 aromatic heterocycles. The number of carbonyl (C=O) groups is 2. The van der Waals surface area contributed by atoms with Gasteiger partial charge in [-0.05, 0) is 56.4 Å². The summed E-state index contributed by atoms with van der Waals surface area (Å²) < 4.78 is 0. The summed E-state index contributed by atoms with van der Waals surface area (Å²) in [5.41, 5.74) is 1.39. The Bertz CT molecular complexity index is 587. The van der Waals surface area contributed by atoms with Gasteiger partial charge in [0.2, 0.25) is 11.8 Å². The molecule has 2 aliphatic heterocycles. The first-order chi connectivity index (χ1) is 12.7. The van der Waals surface area contributed by atoms with Crippen LogP contribution in [0.3, 0.4) is 0 Å². The first-order valence-corrected chi connectivity index (χ1v) is 10.3. The third kappa shape index (κ3) is 5.58. The Morgan fingerprint density at radius 3 is 2.73 bits per heavy atom. The molecular weight excluding hydrogens is 324 g/mol. The number of piperidine rings is 2. The Morgan fingerprint density at radius 2 is 1.92 bits per heavy atom. The fourth-order valence-corrected chi connectivity index (χ4v) is 4.22. The van der Waals surface area contributed by atoms with Gasteiger partial charge in [-0.15, -0.1) is 0 Å². The summed E-state index contributed by atoms with van der Waals surface area (Å²) in [6.45, 7) is 3.44. The van der Waals surface area contributed by atoms with Crippen LogP contribution < -0.4 is 0 Å². The molecule has 0 unspecified atom stereocenters. The molecular formula is C22H32N2O2. The maximum absolute atomic E-state index is 12.6. The van der Waals surface area contributed by atoms with Crippen molar-refractivity contribution in [3.63, 3.8) is 0 Å². The smallest absolute Gasteiger partial charge is 0.222 e. The molecule has 2 amide bonds. The van der Waals surface area contributed by atoms with Crippen LogP contribution >= 0.6 is 0 Å². The lowest BCUT2D eigenvalue weighted by molar-refractivity contribution is -0.136. The Kier molecular flexibility index (Phi) is 7.10. The topological polar surface area (TPSA) is 40.6 Å². The van der Waals surface area contributed by atoms with E-state index in [2.05, 4.69) is 35.2 Å². The average molecular weight is 357 g/mol. The highest BCUT2D eigenvalue weighted by atomic mass is 16.2. The van der Waals surface area contributed by atoms with Crippen LogP contribution in [0.5, 0.6) is 0 Å². The van der Waals surface area contributed by atoms with Crippen LogP contribution in [0.1, 0.15) is 56.9 Å². The monoisotopic (exact) mass is 356 g/mol. The van der Waals surface area contributed by atoms with Crippen molar-refractivity contribution in [2.45, 2.75) is 57.8 Å². The second-order valence-electron chi connectivity index (χ2n) is 7.81. The van der Waals surface area contributed by atoms with Gasteiger partial charge in [-0.25, -0.2) is 0 Å². The molecule has 0 aliphatic carbocycles. The van der Waals surface area contributed by atoms with Crippen molar-refractivity contribution in [1.29, 1.82) is 0 Å². The molecule has 0 spiro atoms. The quantitative estimate of drug-likeness (QED) is 0.748. The van der Waals surface area contributed by atoms with Gasteiger partial charge in [0.15, 0.2) is 0 Å². The van der Waals surface area contributed by atoms with E-state index >= 15 is 0 Å². The van der Waals surface area contributed by atoms with Gasteiger partial charge in [-0.1, -0.05) is 30.3 Å². The van der Waals surface area contributed by atoms with Crippen LogP contribution in [-0.2, 0) is 16.0 Å². The van der Waals surface area contributed by atoms with Gasteiger partial charge in [-0.2, -0.15) is 0 Å². The molecule has 0 bridgehead atoms. The predicted octanol–water partition coefficient (Wildman–Crippen LogP) is 3.65. The zero-order valence-corrected chi connectivity index (χ0v) is 15.9. The Labute approximate surface area is 157 Å². The minimum Gasteiger partial charge on any atom is -0.343 e. The SMILES string of the molecule is O=C1CCCCN1CCCC(=O)N1CCC[C@@H](CCc2ccccc2)C1. The first kappa shape index (κ1) is 18.9. The number of likely N-dealkylation sites (tertiary alicyclic amines) is 2. The van der Waals surface area contributed by atoms with Gasteiger partial charge in [0.1, 0.15) is 0 Å². The molecule has 2 heterocycles. The number of benzene rings is 1. The van der Waals surface area contributed by atoms with Crippen LogP contribution in [0.25, 0.3) is 0 Å². The van der Waals surface area contributed by atoms with Crippen molar-refractivity contribution >= 4 is 11.8 Å². The van der Waals surface area contributed by atoms with E-state index in [1.807, 2.05) is 4.90 Å². The fourth-order valence-electron chi connectivity index (χ4n) is 4.22. The number of aryl methyl sites for hydroxylation is 1. The van der Waals surface area contributed by atoms with Crippen molar-refractivity contribution in [2.75, 3.05) is 26.2 Å². The minimum absolute atomic E-state index is 0.266. The molecule has 1 atom stereocenters. The summed E-state index contributed by atoms with van der Waals surface area (Å²) in [5, 5.41) is 0. The van der Waals surface area contributed by atoms with Crippen LogP contribution in [0.2, 0.25) is 0 Å². The number of amides is 2. The zero-order chi connectivity index (χ0) is 18.2. The van der Waals surface area contributed by atoms with Gasteiger partial charge in [0.05, 0.1) is 0 Å². The van der Waals surface area contributed by atoms with E-state index in [9.17, 15) is 9.59 Å². The molecule has 4 heteroatoms. The van der Waals surface area contributed by atoms with Gasteiger partial charge < -0.3 is 9.80 Å². The summed E-state index contributed by atoms with van der Waals surface area (Å²) >= 11 is 0. The normalized spacial score (nSPS) is 21.1. The molecule has 26 heavy (non-hydrogen) atoms. The molecule has 142 valence electrons. The predicted molar refractivity (Wildman–Crippen MR) is 104 cm³/mol. The van der Waals surface area contributed by atoms with Gasteiger partial charge >= 0.3 is 0 Å². The van der Waals surface area contributed by atoms with Crippen LogP contribution in [0.4, 0.5) is 0 Å². The standard InChI is InChI=1S/C22H32N2O2/c25-21-11-4-5-15-23(21)16-7-12-22(26)24-17-6-10-20(18-24)14-13-19-8-2-1-3-9-19/h1-3,8-9,20H,4-7,10-18H2/t20-/m0/s1. The van der Waals surface area contributed by atoms with Gasteiger partial charge in [0, 0.05) is 39.0 Å². The summed E-state index contributed by atoms with van der Waals surface area (Å²) in [5.74, 6) is 1.16. The van der Waals surface area contributed by atoms with Crippen LogP contribution in [-0.4, -0.2) is 47.8 Å². The van der Waals surface area contributed by atoms with Crippen molar-refractivity contribution in [1.82, 2.24) is 9.80 Å². The first-order valence-electron chi connectivity index (χ1n) is 10.3. The third-order valence-corrected chi connectivity index (χ3v) is 5.80. The van der Waals surface area contributed by atoms with Crippen molar-refractivity contribution < 1.29 is 9.59 Å². The van der Waals surface area contributed by atoms with E-state index in [-0.39, 0.29) is 11.8 Å². The van der Waals surface area contributed by atoms with Gasteiger partial charge in [0.25, 0.3) is 0 Å². The molecule has 2 fully saturated rings. The van der Waals surface area contributed by atoms with E-state index in [0.29, 0.717) is 18.8 Å². The van der Waals surface area contributed by atoms with Crippen molar-refractivity contribution in [2.24, 2.45) is 5.92 Å². The molecule has 1 aromatic rings. The molecule has 3 rings (SSSR count). The lowest BCUT2D eigenvalue weighted by atomic mass is 9.91. The summed E-state index contributed by atoms with van der Waals surface area (Å²) in [6.07, 6.45) is 8.81. The van der Waals surface area contributed by atoms with E-state index in [0.717, 1.165) is 64.7 Å². The molecule has 1 aromatic carbocycles. The van der Waals surface area contributed by atoms with Gasteiger partial charge in [-0.3, -0.25) is 9.59 Å². The highest BCUT2D eigenvalue weighted by Crippen LogP contribution is 2.22. The number of carbonyl (C=O) groups excluding carboxylic acids is 2. The largest absolute Gasteiger partial charge is 0.343 e. The second-order valence-corrected chi connectivity index (χ2v) is 7.81. The summed E-state index contributed by atoms with van der Waals surface area (Å²) in [4.78, 5) is 28.4. The molecule has 0 N–H and O–H groups in total. The fraction of sp³-hybridized carbons (Fsp3) is 0.636.